The van der Waals surface area contributed by atoms with Crippen LogP contribution in [0.3, 0.4) is 0 Å². The van der Waals surface area contributed by atoms with E-state index in [1.807, 2.05) is 36.4 Å². The molecule has 232 valence electrons. The van der Waals surface area contributed by atoms with Gasteiger partial charge in [0, 0.05) is 53.0 Å². The van der Waals surface area contributed by atoms with Gasteiger partial charge in [-0.1, -0.05) is 72.3 Å². The van der Waals surface area contributed by atoms with Gasteiger partial charge in [0.15, 0.2) is 5.15 Å². The van der Waals surface area contributed by atoms with Crippen LogP contribution >= 0.6 is 11.6 Å². The number of nitrogens with zero attached hydrogens (tertiary/aromatic N) is 4. The molecule has 1 aromatic heterocycles. The minimum atomic E-state index is -2.41. The molecule has 0 aliphatic heterocycles. The summed E-state index contributed by atoms with van der Waals surface area (Å²) in [5, 5.41) is 9.87. The van der Waals surface area contributed by atoms with Gasteiger partial charge in [0.05, 0.1) is 18.5 Å². The molecule has 0 aliphatic carbocycles. The summed E-state index contributed by atoms with van der Waals surface area (Å²) >= 11 is 6.54. The number of rotatable bonds is 13. The molecule has 3 rings (SSSR count). The molecule has 3 aromatic rings. The molecule has 2 aromatic carbocycles. The minimum absolute atomic E-state index is 0. The Kier molecular flexibility index (Phi) is 18.5. The first-order valence-electron chi connectivity index (χ1n) is 13.8. The van der Waals surface area contributed by atoms with Gasteiger partial charge in [0.2, 0.25) is 0 Å². The molecule has 0 fully saturated rings. The van der Waals surface area contributed by atoms with E-state index in [1.54, 1.807) is 6.20 Å². The van der Waals surface area contributed by atoms with E-state index in [-0.39, 0.29) is 42.2 Å². The third-order valence-corrected chi connectivity index (χ3v) is 6.20. The number of halogens is 1. The summed E-state index contributed by atoms with van der Waals surface area (Å²) in [6.45, 7) is 10.2. The second-order valence-electron chi connectivity index (χ2n) is 9.85. The first-order valence-corrected chi connectivity index (χ1v) is 14.2. The third-order valence-electron chi connectivity index (χ3n) is 5.90. The van der Waals surface area contributed by atoms with Crippen LogP contribution in [0.5, 0.6) is 0 Å². The van der Waals surface area contributed by atoms with Gasteiger partial charge in [-0.15, -0.1) is 0 Å². The number of aliphatic hydroxyl groups excluding tert-OH is 1. The van der Waals surface area contributed by atoms with Crippen molar-refractivity contribution in [3.63, 3.8) is 0 Å². The van der Waals surface area contributed by atoms with Gasteiger partial charge in [-0.3, -0.25) is 24.3 Å². The summed E-state index contributed by atoms with van der Waals surface area (Å²) in [6, 6.07) is 20.7. The van der Waals surface area contributed by atoms with E-state index in [0.717, 1.165) is 33.1 Å². The maximum atomic E-state index is 10.4. The fourth-order valence-electron chi connectivity index (χ4n) is 3.93. The molecule has 0 radical (unpaired) electrons. The molecule has 0 unspecified atom stereocenters. The van der Waals surface area contributed by atoms with E-state index in [2.05, 4.69) is 71.8 Å². The van der Waals surface area contributed by atoms with Gasteiger partial charge < -0.3 is 24.0 Å². The molecule has 1 N–H and O–H groups in total. The number of benzene rings is 2. The molecular formula is C30H39BClN4NaO7. The summed E-state index contributed by atoms with van der Waals surface area (Å²) in [5.74, 6) is -1.27. The van der Waals surface area contributed by atoms with Crippen LogP contribution in [0.4, 0.5) is 5.82 Å². The van der Waals surface area contributed by atoms with E-state index in [9.17, 15) is 19.5 Å². The summed E-state index contributed by atoms with van der Waals surface area (Å²) in [4.78, 5) is 44.9. The Bertz CT molecular complexity index is 1270. The fourth-order valence-corrected chi connectivity index (χ4v) is 4.13. The van der Waals surface area contributed by atoms with Gasteiger partial charge in [-0.05, 0) is 25.0 Å². The topological polar surface area (TPSA) is 131 Å². The zero-order valence-electron chi connectivity index (χ0n) is 26.2. The first-order chi connectivity index (χ1) is 20.5. The number of anilines is 1. The van der Waals surface area contributed by atoms with Crippen molar-refractivity contribution in [1.29, 1.82) is 0 Å². The maximum Gasteiger partial charge on any atom is 1.00 e. The molecule has 14 heteroatoms. The van der Waals surface area contributed by atoms with Crippen molar-refractivity contribution in [3.05, 3.63) is 88.8 Å². The third kappa shape index (κ3) is 15.1. The van der Waals surface area contributed by atoms with Crippen molar-refractivity contribution in [2.75, 3.05) is 18.1 Å². The Morgan fingerprint density at radius 2 is 1.32 bits per heavy atom. The van der Waals surface area contributed by atoms with Crippen LogP contribution in [0.2, 0.25) is 5.15 Å². The predicted molar refractivity (Wildman–Crippen MR) is 165 cm³/mol. The minimum Gasteiger partial charge on any atom is -0.625 e. The van der Waals surface area contributed by atoms with Gasteiger partial charge in [-0.25, -0.2) is 4.98 Å². The fraction of sp³-hybridized carbons (Fsp3) is 0.367. The summed E-state index contributed by atoms with van der Waals surface area (Å²) < 4.78 is 13.3. The Hall–Kier alpha value is -3.00. The van der Waals surface area contributed by atoms with Crippen molar-refractivity contribution >= 4 is 42.6 Å². The zero-order valence-corrected chi connectivity index (χ0v) is 29.0. The number of carbonyl (C=O) groups excluding carboxylic acids is 3. The number of hydrogen-bond donors (Lipinski definition) is 1. The van der Waals surface area contributed by atoms with Crippen molar-refractivity contribution in [2.24, 2.45) is 0 Å². The summed E-state index contributed by atoms with van der Waals surface area (Å²) in [6.07, 6.45) is 1.80. The van der Waals surface area contributed by atoms with Crippen LogP contribution in [0.15, 0.2) is 66.9 Å². The second-order valence-corrected chi connectivity index (χ2v) is 10.2. The molecule has 0 saturated carbocycles. The number of carbonyl (C=O) groups is 3. The normalized spacial score (nSPS) is 10.4. The molecule has 1 heterocycles. The monoisotopic (exact) mass is 636 g/mol. The van der Waals surface area contributed by atoms with Crippen molar-refractivity contribution in [3.8, 4) is 0 Å². The molecular weight excluding hydrogens is 598 g/mol. The molecule has 0 saturated heterocycles. The van der Waals surface area contributed by atoms with E-state index in [1.165, 1.54) is 11.1 Å². The smallest absolute Gasteiger partial charge is 0.625 e. The van der Waals surface area contributed by atoms with Crippen LogP contribution < -0.4 is 34.5 Å². The molecule has 0 spiro atoms. The van der Waals surface area contributed by atoms with E-state index < -0.39 is 25.2 Å². The average molecular weight is 637 g/mol. The van der Waals surface area contributed by atoms with Gasteiger partial charge in [0.1, 0.15) is 5.82 Å². The molecule has 11 nitrogen and oxygen atoms in total. The van der Waals surface area contributed by atoms with Crippen LogP contribution in [0, 0.1) is 0 Å². The SMILES string of the molecule is CC(=O)O[BH-](OC(C)=O)OC(C)=O.CC(C)N(Cc1ccccc1)c1cnc(CN(CCO)Cc2ccccc2)c(Cl)n1.[Na+]. The quantitative estimate of drug-likeness (QED) is 0.269. The number of aliphatic hydroxyl groups is 1. The molecule has 0 amide bonds. The average Bonchev–Trinajstić information content (AvgIpc) is 2.93. The van der Waals surface area contributed by atoms with Gasteiger partial charge in [0.25, 0.3) is 17.9 Å². The predicted octanol–water partition coefficient (Wildman–Crippen LogP) is 0.936. The van der Waals surface area contributed by atoms with Crippen LogP contribution in [-0.2, 0) is 48.0 Å². The van der Waals surface area contributed by atoms with E-state index in [4.69, 9.17) is 11.6 Å². The Morgan fingerprint density at radius 1 is 0.841 bits per heavy atom. The van der Waals surface area contributed by atoms with Gasteiger partial charge in [-0.2, -0.15) is 0 Å². The van der Waals surface area contributed by atoms with E-state index in [0.29, 0.717) is 30.5 Å². The second kappa shape index (κ2) is 20.9. The number of aromatic nitrogens is 2. The van der Waals surface area contributed by atoms with Crippen LogP contribution in [-0.4, -0.2) is 64.4 Å². The van der Waals surface area contributed by atoms with Gasteiger partial charge >= 0.3 is 36.9 Å². The molecule has 44 heavy (non-hydrogen) atoms. The largest absolute Gasteiger partial charge is 1.00 e. The zero-order chi connectivity index (χ0) is 31.8. The first kappa shape index (κ1) is 39.0. The molecule has 0 bridgehead atoms. The van der Waals surface area contributed by atoms with Crippen LogP contribution in [0.1, 0.15) is 51.4 Å². The summed E-state index contributed by atoms with van der Waals surface area (Å²) in [7, 11) is -2.41. The van der Waals surface area contributed by atoms with Crippen LogP contribution in [0.25, 0.3) is 0 Å². The molecule has 0 aliphatic rings. The molecule has 0 atom stereocenters. The van der Waals surface area contributed by atoms with Crippen molar-refractivity contribution in [1.82, 2.24) is 14.9 Å². The Morgan fingerprint density at radius 3 is 1.73 bits per heavy atom. The standard InChI is InChI=1S/C24H29ClN4O.C6H10BO6.Na/c1-19(2)29(17-21-11-7-4-8-12-21)23-15-26-22(24(25)27-23)18-28(13-14-30)16-20-9-5-3-6-10-20;1-4(8)11-7(12-5(2)9)13-6(3)10;/h3-12,15,19,30H,13-14,16-18H2,1-2H3;7H,1-3H3;/q;-1;+1. The van der Waals surface area contributed by atoms with E-state index >= 15 is 0 Å². The number of hydrogen-bond acceptors (Lipinski definition) is 11. The van der Waals surface area contributed by atoms with Crippen molar-refractivity contribution in [2.45, 2.75) is 60.3 Å². The summed E-state index contributed by atoms with van der Waals surface area (Å²) in [5.41, 5.74) is 3.11. The Balaban J connectivity index is 0.000000588. The Labute approximate surface area is 286 Å². The van der Waals surface area contributed by atoms with Crippen molar-refractivity contribution < 1.29 is 63.0 Å². The maximum absolute atomic E-state index is 10.4.